The first kappa shape index (κ1) is 19.6. The molecule has 0 aliphatic heterocycles. The lowest BCUT2D eigenvalue weighted by Crippen LogP contribution is -2.44. The summed E-state index contributed by atoms with van der Waals surface area (Å²) in [6.45, 7) is 15.1. The van der Waals surface area contributed by atoms with Crippen molar-refractivity contribution in [1.29, 1.82) is 0 Å². The highest BCUT2D eigenvalue weighted by Gasteiger charge is 2.38. The van der Waals surface area contributed by atoms with Crippen molar-refractivity contribution in [3.63, 3.8) is 0 Å². The number of carbonyl (C=O) groups is 1. The largest absolute Gasteiger partial charge is 0.414 e. The SMILES string of the molecule is C=CCCCCCC(CCC=O)O[Si](C)(C)C(C)(C)C. The molecule has 0 aliphatic rings. The quantitative estimate of drug-likeness (QED) is 0.218. The van der Waals surface area contributed by atoms with E-state index in [4.69, 9.17) is 4.43 Å². The molecule has 0 saturated heterocycles. The summed E-state index contributed by atoms with van der Waals surface area (Å²) >= 11 is 0. The molecule has 1 atom stereocenters. The molecule has 0 aromatic carbocycles. The van der Waals surface area contributed by atoms with Crippen molar-refractivity contribution in [2.75, 3.05) is 0 Å². The van der Waals surface area contributed by atoms with Gasteiger partial charge < -0.3 is 9.22 Å². The molecule has 0 amide bonds. The van der Waals surface area contributed by atoms with Crippen LogP contribution in [0.15, 0.2) is 12.7 Å². The maximum atomic E-state index is 10.6. The van der Waals surface area contributed by atoms with Crippen molar-refractivity contribution >= 4 is 14.6 Å². The van der Waals surface area contributed by atoms with Gasteiger partial charge in [0.1, 0.15) is 6.29 Å². The van der Waals surface area contributed by atoms with Crippen LogP contribution in [0, 0.1) is 0 Å². The Hall–Kier alpha value is -0.413. The molecule has 0 saturated carbocycles. The average molecular weight is 299 g/mol. The van der Waals surface area contributed by atoms with Crippen LogP contribution in [0.4, 0.5) is 0 Å². The van der Waals surface area contributed by atoms with Gasteiger partial charge in [-0.05, 0) is 43.8 Å². The number of hydrogen-bond acceptors (Lipinski definition) is 2. The van der Waals surface area contributed by atoms with Gasteiger partial charge in [0.25, 0.3) is 0 Å². The van der Waals surface area contributed by atoms with Gasteiger partial charge in [-0.15, -0.1) is 6.58 Å². The normalized spacial score (nSPS) is 14.1. The van der Waals surface area contributed by atoms with Crippen molar-refractivity contribution in [2.45, 2.75) is 90.0 Å². The topological polar surface area (TPSA) is 26.3 Å². The highest BCUT2D eigenvalue weighted by Crippen LogP contribution is 2.38. The van der Waals surface area contributed by atoms with Gasteiger partial charge in [-0.3, -0.25) is 0 Å². The smallest absolute Gasteiger partial charge is 0.192 e. The molecule has 3 heteroatoms. The molecule has 0 fully saturated rings. The minimum atomic E-state index is -1.73. The van der Waals surface area contributed by atoms with E-state index in [-0.39, 0.29) is 11.1 Å². The van der Waals surface area contributed by atoms with Gasteiger partial charge in [0, 0.05) is 12.5 Å². The maximum Gasteiger partial charge on any atom is 0.192 e. The van der Waals surface area contributed by atoms with E-state index in [2.05, 4.69) is 40.4 Å². The van der Waals surface area contributed by atoms with Crippen molar-refractivity contribution in [2.24, 2.45) is 0 Å². The predicted octanol–water partition coefficient (Wildman–Crippen LogP) is 5.49. The van der Waals surface area contributed by atoms with Crippen molar-refractivity contribution in [1.82, 2.24) is 0 Å². The van der Waals surface area contributed by atoms with Gasteiger partial charge in [0.2, 0.25) is 0 Å². The molecule has 0 spiro atoms. The molecule has 20 heavy (non-hydrogen) atoms. The standard InChI is InChI=1S/C17H34O2Si/c1-7-8-9-10-11-13-16(14-12-15-18)19-20(5,6)17(2,3)4/h7,15-16H,1,8-14H2,2-6H3. The zero-order valence-corrected chi connectivity index (χ0v) is 15.2. The summed E-state index contributed by atoms with van der Waals surface area (Å²) in [5.41, 5.74) is 0. The van der Waals surface area contributed by atoms with Crippen LogP contribution in [0.1, 0.15) is 65.7 Å². The number of allylic oxidation sites excluding steroid dienone is 1. The van der Waals surface area contributed by atoms with Gasteiger partial charge >= 0.3 is 0 Å². The molecule has 118 valence electrons. The second kappa shape index (κ2) is 9.51. The Labute approximate surface area is 127 Å². The highest BCUT2D eigenvalue weighted by atomic mass is 28.4. The van der Waals surface area contributed by atoms with Gasteiger partial charge in [-0.2, -0.15) is 0 Å². The third-order valence-electron chi connectivity index (χ3n) is 4.31. The molecule has 0 rings (SSSR count). The first-order chi connectivity index (χ1) is 9.24. The Morgan fingerprint density at radius 2 is 1.75 bits per heavy atom. The second-order valence-corrected chi connectivity index (χ2v) is 11.9. The number of hydrogen-bond donors (Lipinski definition) is 0. The van der Waals surface area contributed by atoms with Gasteiger partial charge in [-0.1, -0.05) is 39.7 Å². The average Bonchev–Trinajstić information content (AvgIpc) is 2.33. The molecule has 0 aromatic rings. The van der Waals surface area contributed by atoms with E-state index in [1.807, 2.05) is 6.08 Å². The molecular weight excluding hydrogens is 264 g/mol. The summed E-state index contributed by atoms with van der Waals surface area (Å²) in [5, 5.41) is 0.231. The van der Waals surface area contributed by atoms with Crippen LogP contribution in [-0.4, -0.2) is 20.7 Å². The first-order valence-electron chi connectivity index (χ1n) is 7.97. The van der Waals surface area contributed by atoms with E-state index in [0.29, 0.717) is 6.42 Å². The molecule has 0 radical (unpaired) electrons. The van der Waals surface area contributed by atoms with Gasteiger partial charge in [0.15, 0.2) is 8.32 Å². The third-order valence-corrected chi connectivity index (χ3v) is 8.84. The van der Waals surface area contributed by atoms with Crippen LogP contribution in [0.2, 0.25) is 18.1 Å². The Kier molecular flexibility index (Phi) is 9.31. The van der Waals surface area contributed by atoms with Crippen molar-refractivity contribution in [3.8, 4) is 0 Å². The fourth-order valence-corrected chi connectivity index (χ4v) is 3.37. The zero-order chi connectivity index (χ0) is 15.6. The Morgan fingerprint density at radius 1 is 1.10 bits per heavy atom. The van der Waals surface area contributed by atoms with Crippen LogP contribution in [0.5, 0.6) is 0 Å². The highest BCUT2D eigenvalue weighted by molar-refractivity contribution is 6.74. The first-order valence-corrected chi connectivity index (χ1v) is 10.9. The predicted molar refractivity (Wildman–Crippen MR) is 90.7 cm³/mol. The van der Waals surface area contributed by atoms with Crippen LogP contribution < -0.4 is 0 Å². The van der Waals surface area contributed by atoms with Crippen LogP contribution in [0.3, 0.4) is 0 Å². The second-order valence-electron chi connectivity index (χ2n) is 7.17. The molecule has 2 nitrogen and oxygen atoms in total. The minimum absolute atomic E-state index is 0.231. The molecule has 0 N–H and O–H groups in total. The van der Waals surface area contributed by atoms with E-state index in [9.17, 15) is 4.79 Å². The van der Waals surface area contributed by atoms with E-state index in [1.165, 1.54) is 19.3 Å². The summed E-state index contributed by atoms with van der Waals surface area (Å²) in [4.78, 5) is 10.6. The number of aldehydes is 1. The lowest BCUT2D eigenvalue weighted by molar-refractivity contribution is -0.108. The van der Waals surface area contributed by atoms with E-state index in [0.717, 1.165) is 25.5 Å². The fourth-order valence-electron chi connectivity index (χ4n) is 1.95. The number of rotatable bonds is 11. The van der Waals surface area contributed by atoms with Crippen LogP contribution in [0.25, 0.3) is 0 Å². The number of unbranched alkanes of at least 4 members (excludes halogenated alkanes) is 3. The Balaban J connectivity index is 4.33. The van der Waals surface area contributed by atoms with Crippen molar-refractivity contribution in [3.05, 3.63) is 12.7 Å². The van der Waals surface area contributed by atoms with E-state index < -0.39 is 8.32 Å². The van der Waals surface area contributed by atoms with Crippen LogP contribution >= 0.6 is 0 Å². The Bertz CT molecular complexity index is 279. The molecule has 0 aliphatic carbocycles. The molecular formula is C17H34O2Si. The molecule has 0 aromatic heterocycles. The summed E-state index contributed by atoms with van der Waals surface area (Å²) in [5.74, 6) is 0. The van der Waals surface area contributed by atoms with Crippen LogP contribution in [-0.2, 0) is 9.22 Å². The molecule has 0 heterocycles. The monoisotopic (exact) mass is 298 g/mol. The lowest BCUT2D eigenvalue weighted by atomic mass is 10.1. The summed E-state index contributed by atoms with van der Waals surface area (Å²) in [7, 11) is -1.73. The van der Waals surface area contributed by atoms with Crippen molar-refractivity contribution < 1.29 is 9.22 Å². The zero-order valence-electron chi connectivity index (χ0n) is 14.2. The summed E-state index contributed by atoms with van der Waals surface area (Å²) in [6, 6.07) is 0. The summed E-state index contributed by atoms with van der Waals surface area (Å²) < 4.78 is 6.47. The fraction of sp³-hybridized carbons (Fsp3) is 0.824. The number of carbonyl (C=O) groups excluding carboxylic acids is 1. The molecule has 1 unspecified atom stereocenters. The Morgan fingerprint density at radius 3 is 2.25 bits per heavy atom. The maximum absolute atomic E-state index is 10.6. The third kappa shape index (κ3) is 8.00. The summed E-state index contributed by atoms with van der Waals surface area (Å²) in [6.07, 6.45) is 10.5. The van der Waals surface area contributed by atoms with E-state index in [1.54, 1.807) is 0 Å². The van der Waals surface area contributed by atoms with Gasteiger partial charge in [0.05, 0.1) is 0 Å². The molecule has 0 bridgehead atoms. The lowest BCUT2D eigenvalue weighted by Gasteiger charge is -2.39. The van der Waals surface area contributed by atoms with Gasteiger partial charge in [-0.25, -0.2) is 0 Å². The van der Waals surface area contributed by atoms with E-state index >= 15 is 0 Å². The minimum Gasteiger partial charge on any atom is -0.414 e.